The minimum absolute atomic E-state index is 0.0108. The van der Waals surface area contributed by atoms with Crippen LogP contribution in [-0.4, -0.2) is 46.3 Å². The van der Waals surface area contributed by atoms with E-state index in [1.807, 2.05) is 0 Å². The minimum Gasteiger partial charge on any atom is -0.348 e. The van der Waals surface area contributed by atoms with Gasteiger partial charge in [-0.25, -0.2) is 0 Å². The third-order valence-corrected chi connectivity index (χ3v) is 4.56. The molecule has 3 heterocycles. The molecule has 1 aromatic carbocycles. The number of carbonyl (C=O) groups excluding carboxylic acids is 1. The highest BCUT2D eigenvalue weighted by Gasteiger charge is 2.35. The maximum absolute atomic E-state index is 12.4. The summed E-state index contributed by atoms with van der Waals surface area (Å²) < 4.78 is 0. The smallest absolute Gasteiger partial charge is 0.277 e. The lowest BCUT2D eigenvalue weighted by Crippen LogP contribution is -2.57. The van der Waals surface area contributed by atoms with Gasteiger partial charge in [-0.2, -0.15) is 0 Å². The first kappa shape index (κ1) is 15.3. The van der Waals surface area contributed by atoms with Crippen LogP contribution in [0.25, 0.3) is 0 Å². The molecular weight excluding hydrogens is 304 g/mol. The highest BCUT2D eigenvalue weighted by Crippen LogP contribution is 2.28. The molecule has 4 rings (SSSR count). The number of hydrogen-bond donors (Lipinski definition) is 1. The first-order valence-corrected chi connectivity index (χ1v) is 7.41. The van der Waals surface area contributed by atoms with Crippen LogP contribution in [0, 0.1) is 26.1 Å². The van der Waals surface area contributed by atoms with Gasteiger partial charge in [-0.3, -0.25) is 25.0 Å². The fourth-order valence-electron chi connectivity index (χ4n) is 3.32. The third-order valence-electron chi connectivity index (χ3n) is 4.56. The van der Waals surface area contributed by atoms with Crippen molar-refractivity contribution in [1.29, 1.82) is 0 Å². The highest BCUT2D eigenvalue weighted by molar-refractivity contribution is 5.95. The van der Waals surface area contributed by atoms with Gasteiger partial charge in [-0.1, -0.05) is 0 Å². The molecule has 3 aliphatic rings. The van der Waals surface area contributed by atoms with Crippen LogP contribution in [-0.2, 0) is 0 Å². The summed E-state index contributed by atoms with van der Waals surface area (Å²) in [6.45, 7) is 2.81. The lowest BCUT2D eigenvalue weighted by atomic mass is 9.84. The van der Waals surface area contributed by atoms with Crippen molar-refractivity contribution in [3.05, 3.63) is 44.0 Å². The fraction of sp³-hybridized carbons (Fsp3) is 0.500. The largest absolute Gasteiger partial charge is 0.348 e. The summed E-state index contributed by atoms with van der Waals surface area (Å²) in [4.78, 5) is 34.9. The Balaban J connectivity index is 1.81. The predicted octanol–water partition coefficient (Wildman–Crippen LogP) is 1.33. The molecule has 3 fully saturated rings. The van der Waals surface area contributed by atoms with Crippen LogP contribution in [0.4, 0.5) is 11.4 Å². The molecule has 3 aliphatic heterocycles. The second kappa shape index (κ2) is 5.92. The Kier molecular flexibility index (Phi) is 3.95. The molecule has 0 spiro atoms. The number of carbonyl (C=O) groups is 1. The zero-order valence-electron chi connectivity index (χ0n) is 12.3. The van der Waals surface area contributed by atoms with Crippen molar-refractivity contribution >= 4 is 17.3 Å². The standard InChI is InChI=1S/C14H16N4O5/c19-14(15-13-8-16-3-1-9(13)2-4-16)10-5-11(17(20)21)7-12(6-10)18(22)23/h5-7,9,13H,1-4,8H2,(H,15,19). The van der Waals surface area contributed by atoms with Crippen LogP contribution < -0.4 is 5.32 Å². The SMILES string of the molecule is O=C(NC1CN2CCC1CC2)c1cc([N+](=O)[O-])cc([N+](=O)[O-])c1. The molecule has 9 nitrogen and oxygen atoms in total. The molecule has 9 heteroatoms. The minimum atomic E-state index is -0.738. The lowest BCUT2D eigenvalue weighted by Gasteiger charge is -2.44. The van der Waals surface area contributed by atoms with Crippen LogP contribution in [0.15, 0.2) is 18.2 Å². The zero-order valence-corrected chi connectivity index (χ0v) is 12.3. The van der Waals surface area contributed by atoms with Crippen LogP contribution in [0.3, 0.4) is 0 Å². The lowest BCUT2D eigenvalue weighted by molar-refractivity contribution is -0.394. The van der Waals surface area contributed by atoms with E-state index < -0.39 is 27.1 Å². The van der Waals surface area contributed by atoms with Crippen LogP contribution in [0.2, 0.25) is 0 Å². The summed E-state index contributed by atoms with van der Waals surface area (Å²) >= 11 is 0. The number of fused-ring (bicyclic) bond motifs is 3. The highest BCUT2D eigenvalue weighted by atomic mass is 16.6. The van der Waals surface area contributed by atoms with E-state index in [0.717, 1.165) is 50.7 Å². The molecule has 1 N–H and O–H groups in total. The van der Waals surface area contributed by atoms with E-state index in [1.165, 1.54) is 0 Å². The molecule has 0 saturated carbocycles. The Morgan fingerprint density at radius 1 is 1.09 bits per heavy atom. The molecule has 2 bridgehead atoms. The molecule has 1 unspecified atom stereocenters. The molecule has 1 amide bonds. The van der Waals surface area contributed by atoms with Crippen molar-refractivity contribution in [2.45, 2.75) is 18.9 Å². The van der Waals surface area contributed by atoms with E-state index >= 15 is 0 Å². The monoisotopic (exact) mass is 320 g/mol. The van der Waals surface area contributed by atoms with Gasteiger partial charge in [0.25, 0.3) is 17.3 Å². The van der Waals surface area contributed by atoms with Crippen molar-refractivity contribution in [3.8, 4) is 0 Å². The van der Waals surface area contributed by atoms with Gasteiger partial charge in [0.15, 0.2) is 0 Å². The molecule has 0 radical (unpaired) electrons. The summed E-state index contributed by atoms with van der Waals surface area (Å²) in [5.41, 5.74) is -0.973. The summed E-state index contributed by atoms with van der Waals surface area (Å²) in [6, 6.07) is 2.99. The number of rotatable bonds is 4. The van der Waals surface area contributed by atoms with E-state index in [-0.39, 0.29) is 11.6 Å². The number of amides is 1. The molecule has 23 heavy (non-hydrogen) atoms. The van der Waals surface area contributed by atoms with E-state index in [0.29, 0.717) is 5.92 Å². The second-order valence-corrected chi connectivity index (χ2v) is 5.97. The van der Waals surface area contributed by atoms with Gasteiger partial charge in [0.05, 0.1) is 21.5 Å². The van der Waals surface area contributed by atoms with Crippen molar-refractivity contribution in [1.82, 2.24) is 10.2 Å². The van der Waals surface area contributed by atoms with Gasteiger partial charge in [0, 0.05) is 24.7 Å². The average Bonchev–Trinajstić information content (AvgIpc) is 2.55. The summed E-state index contributed by atoms with van der Waals surface area (Å²) in [5.74, 6) is -0.104. The van der Waals surface area contributed by atoms with E-state index in [9.17, 15) is 25.0 Å². The normalized spacial score (nSPS) is 25.8. The number of piperidine rings is 3. The Morgan fingerprint density at radius 3 is 2.09 bits per heavy atom. The average molecular weight is 320 g/mol. The summed E-state index contributed by atoms with van der Waals surface area (Å²) in [5, 5.41) is 24.7. The Labute approximate surface area is 131 Å². The van der Waals surface area contributed by atoms with Gasteiger partial charge in [-0.05, 0) is 31.8 Å². The Hall–Kier alpha value is -2.55. The van der Waals surface area contributed by atoms with Crippen LogP contribution in [0.1, 0.15) is 23.2 Å². The molecule has 3 saturated heterocycles. The van der Waals surface area contributed by atoms with Crippen molar-refractivity contribution in [2.24, 2.45) is 5.92 Å². The van der Waals surface area contributed by atoms with Crippen LogP contribution in [0.5, 0.6) is 0 Å². The van der Waals surface area contributed by atoms with Gasteiger partial charge < -0.3 is 10.2 Å². The number of nitro benzene ring substituents is 2. The molecule has 1 aromatic rings. The summed E-state index contributed by atoms with van der Waals surface area (Å²) in [7, 11) is 0. The van der Waals surface area contributed by atoms with Crippen LogP contribution >= 0.6 is 0 Å². The van der Waals surface area contributed by atoms with Gasteiger partial charge >= 0.3 is 0 Å². The number of hydrogen-bond acceptors (Lipinski definition) is 6. The van der Waals surface area contributed by atoms with E-state index in [2.05, 4.69) is 10.2 Å². The number of nitro groups is 2. The second-order valence-electron chi connectivity index (χ2n) is 5.97. The number of nitrogens with one attached hydrogen (secondary N) is 1. The van der Waals surface area contributed by atoms with Crippen molar-refractivity contribution in [3.63, 3.8) is 0 Å². The maximum Gasteiger partial charge on any atom is 0.277 e. The first-order chi connectivity index (χ1) is 10.9. The third kappa shape index (κ3) is 3.14. The molecule has 0 aromatic heterocycles. The van der Waals surface area contributed by atoms with E-state index in [4.69, 9.17) is 0 Å². The van der Waals surface area contributed by atoms with Crippen molar-refractivity contribution < 1.29 is 14.6 Å². The predicted molar refractivity (Wildman–Crippen MR) is 80.2 cm³/mol. The molecular formula is C14H16N4O5. The first-order valence-electron chi connectivity index (χ1n) is 7.41. The molecule has 122 valence electrons. The summed E-state index contributed by atoms with van der Waals surface area (Å²) in [6.07, 6.45) is 2.03. The molecule has 1 atom stereocenters. The maximum atomic E-state index is 12.4. The topological polar surface area (TPSA) is 119 Å². The van der Waals surface area contributed by atoms with Gasteiger partial charge in [0.1, 0.15) is 0 Å². The van der Waals surface area contributed by atoms with Gasteiger partial charge in [-0.15, -0.1) is 0 Å². The number of non-ortho nitro benzene ring substituents is 2. The number of benzene rings is 1. The fourth-order valence-corrected chi connectivity index (χ4v) is 3.32. The Morgan fingerprint density at radius 2 is 1.65 bits per heavy atom. The van der Waals surface area contributed by atoms with E-state index in [1.54, 1.807) is 0 Å². The Bertz CT molecular complexity index is 637. The van der Waals surface area contributed by atoms with Gasteiger partial charge in [0.2, 0.25) is 0 Å². The number of nitrogens with zero attached hydrogens (tertiary/aromatic N) is 3. The molecule has 0 aliphatic carbocycles. The quantitative estimate of drug-likeness (QED) is 0.660. The zero-order chi connectivity index (χ0) is 16.6. The van der Waals surface area contributed by atoms with Crippen molar-refractivity contribution in [2.75, 3.05) is 19.6 Å².